The molecular formula is C12H26O2. The van der Waals surface area contributed by atoms with E-state index >= 15 is 0 Å². The molecule has 0 saturated heterocycles. The van der Waals surface area contributed by atoms with E-state index in [2.05, 4.69) is 13.8 Å². The standard InChI is InChI=1S/C12H26O2/c1-4-7-8-11(5-2)9-12(13)10-14-6-3/h11-13H,4-10H2,1-3H3. The molecular weight excluding hydrogens is 176 g/mol. The van der Waals surface area contributed by atoms with Gasteiger partial charge in [0, 0.05) is 6.61 Å². The normalized spacial score (nSPS) is 15.4. The second-order valence-electron chi connectivity index (χ2n) is 3.97. The zero-order chi connectivity index (χ0) is 10.8. The highest BCUT2D eigenvalue weighted by Crippen LogP contribution is 2.18. The van der Waals surface area contributed by atoms with Gasteiger partial charge in [0.2, 0.25) is 0 Å². The molecule has 0 aromatic rings. The fourth-order valence-electron chi connectivity index (χ4n) is 1.69. The van der Waals surface area contributed by atoms with Gasteiger partial charge in [0.05, 0.1) is 12.7 Å². The molecule has 0 radical (unpaired) electrons. The van der Waals surface area contributed by atoms with Gasteiger partial charge in [-0.2, -0.15) is 0 Å². The smallest absolute Gasteiger partial charge is 0.0776 e. The van der Waals surface area contributed by atoms with Crippen molar-refractivity contribution in [2.75, 3.05) is 13.2 Å². The van der Waals surface area contributed by atoms with Crippen LogP contribution in [0.5, 0.6) is 0 Å². The summed E-state index contributed by atoms with van der Waals surface area (Å²) in [7, 11) is 0. The predicted octanol–water partition coefficient (Wildman–Crippen LogP) is 2.99. The van der Waals surface area contributed by atoms with E-state index in [9.17, 15) is 5.11 Å². The Bertz CT molecular complexity index is 115. The lowest BCUT2D eigenvalue weighted by Crippen LogP contribution is -2.19. The first-order chi connectivity index (χ1) is 6.74. The molecule has 0 fully saturated rings. The molecule has 1 N–H and O–H groups in total. The topological polar surface area (TPSA) is 29.5 Å². The van der Waals surface area contributed by atoms with Crippen molar-refractivity contribution < 1.29 is 9.84 Å². The van der Waals surface area contributed by atoms with E-state index in [0.717, 1.165) is 6.42 Å². The maximum atomic E-state index is 9.66. The molecule has 2 atom stereocenters. The monoisotopic (exact) mass is 202 g/mol. The third-order valence-corrected chi connectivity index (χ3v) is 2.66. The number of rotatable bonds is 9. The lowest BCUT2D eigenvalue weighted by atomic mass is 9.93. The summed E-state index contributed by atoms with van der Waals surface area (Å²) in [5, 5.41) is 9.66. The van der Waals surface area contributed by atoms with Gasteiger partial charge in [-0.1, -0.05) is 39.5 Å². The lowest BCUT2D eigenvalue weighted by molar-refractivity contribution is 0.0278. The summed E-state index contributed by atoms with van der Waals surface area (Å²) in [6.07, 6.45) is 5.57. The second kappa shape index (κ2) is 9.47. The number of unbranched alkanes of at least 4 members (excludes halogenated alkanes) is 1. The average molecular weight is 202 g/mol. The van der Waals surface area contributed by atoms with E-state index < -0.39 is 0 Å². The van der Waals surface area contributed by atoms with Gasteiger partial charge in [-0.25, -0.2) is 0 Å². The van der Waals surface area contributed by atoms with Crippen molar-refractivity contribution in [3.05, 3.63) is 0 Å². The molecule has 0 rings (SSSR count). The van der Waals surface area contributed by atoms with Crippen molar-refractivity contribution in [2.24, 2.45) is 5.92 Å². The molecule has 2 unspecified atom stereocenters. The van der Waals surface area contributed by atoms with Gasteiger partial charge in [-0.05, 0) is 19.3 Å². The summed E-state index contributed by atoms with van der Waals surface area (Å²) in [4.78, 5) is 0. The predicted molar refractivity (Wildman–Crippen MR) is 60.4 cm³/mol. The van der Waals surface area contributed by atoms with Crippen molar-refractivity contribution in [3.8, 4) is 0 Å². The van der Waals surface area contributed by atoms with Crippen molar-refractivity contribution >= 4 is 0 Å². The maximum absolute atomic E-state index is 9.66. The third kappa shape index (κ3) is 7.34. The van der Waals surface area contributed by atoms with Crippen molar-refractivity contribution in [2.45, 2.75) is 59.0 Å². The van der Waals surface area contributed by atoms with Crippen LogP contribution in [0, 0.1) is 5.92 Å². The highest BCUT2D eigenvalue weighted by atomic mass is 16.5. The number of aliphatic hydroxyl groups is 1. The molecule has 0 aromatic heterocycles. The van der Waals surface area contributed by atoms with E-state index in [0.29, 0.717) is 19.1 Å². The SMILES string of the molecule is CCCCC(CC)CC(O)COCC. The van der Waals surface area contributed by atoms with E-state index in [-0.39, 0.29) is 6.10 Å². The molecule has 0 bridgehead atoms. The van der Waals surface area contributed by atoms with Crippen LogP contribution in [-0.4, -0.2) is 24.4 Å². The average Bonchev–Trinajstić information content (AvgIpc) is 2.21. The molecule has 0 aliphatic heterocycles. The fourth-order valence-corrected chi connectivity index (χ4v) is 1.69. The largest absolute Gasteiger partial charge is 0.391 e. The third-order valence-electron chi connectivity index (χ3n) is 2.66. The van der Waals surface area contributed by atoms with Gasteiger partial charge in [0.1, 0.15) is 0 Å². The molecule has 2 nitrogen and oxygen atoms in total. The Balaban J connectivity index is 3.57. The Kier molecular flexibility index (Phi) is 9.42. The number of ether oxygens (including phenoxy) is 1. The lowest BCUT2D eigenvalue weighted by Gasteiger charge is -2.18. The van der Waals surface area contributed by atoms with Crippen LogP contribution in [0.2, 0.25) is 0 Å². The Hall–Kier alpha value is -0.0800. The summed E-state index contributed by atoms with van der Waals surface area (Å²) in [5.74, 6) is 0.672. The second-order valence-corrected chi connectivity index (χ2v) is 3.97. The summed E-state index contributed by atoms with van der Waals surface area (Å²) in [6.45, 7) is 7.57. The zero-order valence-electron chi connectivity index (χ0n) is 9.96. The number of hydrogen-bond donors (Lipinski definition) is 1. The number of aliphatic hydroxyl groups excluding tert-OH is 1. The molecule has 0 aliphatic rings. The molecule has 2 heteroatoms. The van der Waals surface area contributed by atoms with Crippen LogP contribution in [-0.2, 0) is 4.74 Å². The van der Waals surface area contributed by atoms with Crippen molar-refractivity contribution in [3.63, 3.8) is 0 Å². The molecule has 0 saturated carbocycles. The minimum atomic E-state index is -0.267. The Morgan fingerprint density at radius 1 is 1.21 bits per heavy atom. The molecule has 86 valence electrons. The first-order valence-corrected chi connectivity index (χ1v) is 6.00. The van der Waals surface area contributed by atoms with E-state index in [1.165, 1.54) is 25.7 Å². The van der Waals surface area contributed by atoms with Gasteiger partial charge < -0.3 is 9.84 Å². The van der Waals surface area contributed by atoms with Gasteiger partial charge >= 0.3 is 0 Å². The molecule has 0 heterocycles. The van der Waals surface area contributed by atoms with Crippen LogP contribution in [0.4, 0.5) is 0 Å². The molecule has 0 aromatic carbocycles. The molecule has 0 amide bonds. The van der Waals surface area contributed by atoms with Gasteiger partial charge in [0.15, 0.2) is 0 Å². The van der Waals surface area contributed by atoms with Crippen LogP contribution in [0.15, 0.2) is 0 Å². The van der Waals surface area contributed by atoms with Crippen molar-refractivity contribution in [1.82, 2.24) is 0 Å². The molecule has 14 heavy (non-hydrogen) atoms. The molecule has 0 aliphatic carbocycles. The minimum absolute atomic E-state index is 0.267. The summed E-state index contributed by atoms with van der Waals surface area (Å²) >= 11 is 0. The first-order valence-electron chi connectivity index (χ1n) is 6.00. The van der Waals surface area contributed by atoms with Crippen molar-refractivity contribution in [1.29, 1.82) is 0 Å². The quantitative estimate of drug-likeness (QED) is 0.623. The van der Waals surface area contributed by atoms with Crippen LogP contribution in [0.3, 0.4) is 0 Å². The van der Waals surface area contributed by atoms with E-state index in [1.807, 2.05) is 6.92 Å². The Morgan fingerprint density at radius 3 is 2.43 bits per heavy atom. The van der Waals surface area contributed by atoms with Crippen LogP contribution >= 0.6 is 0 Å². The Morgan fingerprint density at radius 2 is 1.93 bits per heavy atom. The fraction of sp³-hybridized carbons (Fsp3) is 1.00. The van der Waals surface area contributed by atoms with Gasteiger partial charge in [-0.3, -0.25) is 0 Å². The van der Waals surface area contributed by atoms with Crippen LogP contribution in [0.25, 0.3) is 0 Å². The molecule has 0 spiro atoms. The minimum Gasteiger partial charge on any atom is -0.391 e. The highest BCUT2D eigenvalue weighted by molar-refractivity contribution is 4.63. The van der Waals surface area contributed by atoms with E-state index in [1.54, 1.807) is 0 Å². The zero-order valence-corrected chi connectivity index (χ0v) is 9.96. The summed E-state index contributed by atoms with van der Waals surface area (Å²) in [5.41, 5.74) is 0. The van der Waals surface area contributed by atoms with Crippen LogP contribution in [0.1, 0.15) is 52.9 Å². The van der Waals surface area contributed by atoms with Gasteiger partial charge in [0.25, 0.3) is 0 Å². The summed E-state index contributed by atoms with van der Waals surface area (Å²) in [6, 6.07) is 0. The Labute approximate surface area is 88.7 Å². The van der Waals surface area contributed by atoms with Crippen LogP contribution < -0.4 is 0 Å². The highest BCUT2D eigenvalue weighted by Gasteiger charge is 2.12. The van der Waals surface area contributed by atoms with E-state index in [4.69, 9.17) is 4.74 Å². The maximum Gasteiger partial charge on any atom is 0.0776 e. The summed E-state index contributed by atoms with van der Waals surface area (Å²) < 4.78 is 5.20. The first kappa shape index (κ1) is 13.9. The number of hydrogen-bond acceptors (Lipinski definition) is 2. The van der Waals surface area contributed by atoms with Gasteiger partial charge in [-0.15, -0.1) is 0 Å².